The van der Waals surface area contributed by atoms with Crippen molar-refractivity contribution in [3.05, 3.63) is 48.0 Å². The molecule has 1 aromatic carbocycles. The molecular formula is C13H16N4S. The number of benzene rings is 1. The average Bonchev–Trinajstić information content (AvgIpc) is 2.85. The first-order valence-electron chi connectivity index (χ1n) is 5.99. The van der Waals surface area contributed by atoms with Crippen LogP contribution in [0.25, 0.3) is 0 Å². The molecule has 4 nitrogen and oxygen atoms in total. The fourth-order valence-electron chi connectivity index (χ4n) is 1.76. The van der Waals surface area contributed by atoms with E-state index in [4.69, 9.17) is 18.0 Å². The Morgan fingerprint density at radius 1 is 1.22 bits per heavy atom. The fraction of sp³-hybridized carbons (Fsp3) is 0.308. The van der Waals surface area contributed by atoms with Crippen LogP contribution in [0.2, 0.25) is 0 Å². The van der Waals surface area contributed by atoms with Crippen LogP contribution in [0.3, 0.4) is 0 Å². The zero-order valence-electron chi connectivity index (χ0n) is 10.1. The second kappa shape index (κ2) is 6.26. The van der Waals surface area contributed by atoms with Gasteiger partial charge < -0.3 is 5.73 Å². The lowest BCUT2D eigenvalue weighted by atomic mass is 10.1. The zero-order chi connectivity index (χ0) is 12.8. The van der Waals surface area contributed by atoms with Crippen LogP contribution >= 0.6 is 12.2 Å². The Balaban J connectivity index is 1.73. The summed E-state index contributed by atoms with van der Waals surface area (Å²) in [7, 11) is 0. The topological polar surface area (TPSA) is 56.7 Å². The molecule has 0 spiro atoms. The van der Waals surface area contributed by atoms with E-state index in [9.17, 15) is 0 Å². The molecule has 0 aliphatic heterocycles. The van der Waals surface area contributed by atoms with Crippen molar-refractivity contribution in [1.82, 2.24) is 14.8 Å². The molecule has 0 saturated heterocycles. The third-order valence-corrected chi connectivity index (χ3v) is 2.88. The van der Waals surface area contributed by atoms with E-state index < -0.39 is 0 Å². The minimum absolute atomic E-state index is 0.248. The third-order valence-electron chi connectivity index (χ3n) is 2.70. The average molecular weight is 260 g/mol. The number of hydrogen-bond acceptors (Lipinski definition) is 3. The Hall–Kier alpha value is -1.75. The van der Waals surface area contributed by atoms with Gasteiger partial charge in [-0.3, -0.25) is 4.68 Å². The summed E-state index contributed by atoms with van der Waals surface area (Å²) >= 11 is 4.81. The molecule has 94 valence electrons. The molecule has 0 aliphatic carbocycles. The summed E-state index contributed by atoms with van der Waals surface area (Å²) in [6, 6.07) is 10.5. The molecule has 18 heavy (non-hydrogen) atoms. The molecule has 0 atom stereocenters. The Morgan fingerprint density at radius 3 is 2.67 bits per heavy atom. The highest BCUT2D eigenvalue weighted by molar-refractivity contribution is 7.80. The predicted molar refractivity (Wildman–Crippen MR) is 75.3 cm³/mol. The van der Waals surface area contributed by atoms with Gasteiger partial charge in [0.25, 0.3) is 0 Å². The van der Waals surface area contributed by atoms with E-state index in [0.717, 1.165) is 25.8 Å². The molecule has 0 fully saturated rings. The van der Waals surface area contributed by atoms with Crippen LogP contribution in [0.5, 0.6) is 0 Å². The molecule has 2 aromatic rings. The van der Waals surface area contributed by atoms with Gasteiger partial charge in [-0.1, -0.05) is 42.5 Å². The number of unbranched alkanes of at least 4 members (excludes halogenated alkanes) is 1. The van der Waals surface area contributed by atoms with E-state index >= 15 is 0 Å². The van der Waals surface area contributed by atoms with Crippen LogP contribution in [0.1, 0.15) is 24.2 Å². The van der Waals surface area contributed by atoms with Gasteiger partial charge in [-0.2, -0.15) is 0 Å². The lowest BCUT2D eigenvalue weighted by molar-refractivity contribution is 0.556. The van der Waals surface area contributed by atoms with E-state index in [1.807, 2.05) is 6.07 Å². The predicted octanol–water partition coefficient (Wildman–Crippen LogP) is 1.94. The number of nitrogens with zero attached hydrogens (tertiary/aromatic N) is 3. The second-order valence-electron chi connectivity index (χ2n) is 4.14. The van der Waals surface area contributed by atoms with Gasteiger partial charge in [-0.05, 0) is 24.8 Å². The van der Waals surface area contributed by atoms with Crippen LogP contribution in [0.15, 0.2) is 36.7 Å². The second-order valence-corrected chi connectivity index (χ2v) is 4.58. The first-order chi connectivity index (χ1) is 8.75. The highest BCUT2D eigenvalue weighted by atomic mass is 32.1. The zero-order valence-corrected chi connectivity index (χ0v) is 10.9. The van der Waals surface area contributed by atoms with Gasteiger partial charge in [0.15, 0.2) is 0 Å². The van der Waals surface area contributed by atoms with Gasteiger partial charge in [0.1, 0.15) is 11.3 Å². The Kier molecular flexibility index (Phi) is 4.41. The Labute approximate surface area is 112 Å². The highest BCUT2D eigenvalue weighted by Crippen LogP contribution is 2.05. The molecule has 5 heteroatoms. The standard InChI is InChI=1S/C13H16N4S/c14-12(18)13-15-10-17(16-13)9-5-4-8-11-6-2-1-3-7-11/h1-3,6-7,10H,4-5,8-9H2,(H2,14,18). The van der Waals surface area contributed by atoms with Crippen LogP contribution < -0.4 is 5.73 Å². The summed E-state index contributed by atoms with van der Waals surface area (Å²) < 4.78 is 1.79. The molecule has 0 bridgehead atoms. The Morgan fingerprint density at radius 2 is 2.00 bits per heavy atom. The lowest BCUT2D eigenvalue weighted by Crippen LogP contribution is -2.12. The van der Waals surface area contributed by atoms with Gasteiger partial charge in [-0.25, -0.2) is 4.98 Å². The van der Waals surface area contributed by atoms with Crippen molar-refractivity contribution < 1.29 is 0 Å². The molecule has 0 saturated carbocycles. The molecule has 0 amide bonds. The first kappa shape index (κ1) is 12.7. The van der Waals surface area contributed by atoms with E-state index in [1.54, 1.807) is 11.0 Å². The minimum Gasteiger partial charge on any atom is -0.387 e. The highest BCUT2D eigenvalue weighted by Gasteiger charge is 2.02. The maximum absolute atomic E-state index is 5.45. The summed E-state index contributed by atoms with van der Waals surface area (Å²) in [6.45, 7) is 0.850. The minimum atomic E-state index is 0.248. The van der Waals surface area contributed by atoms with E-state index in [1.165, 1.54) is 5.56 Å². The SMILES string of the molecule is NC(=S)c1ncn(CCCCc2ccccc2)n1. The molecular weight excluding hydrogens is 244 g/mol. The van der Waals surface area contributed by atoms with Crippen molar-refractivity contribution in [2.75, 3.05) is 0 Å². The molecule has 1 heterocycles. The van der Waals surface area contributed by atoms with Crippen LogP contribution in [-0.2, 0) is 13.0 Å². The monoisotopic (exact) mass is 260 g/mol. The quantitative estimate of drug-likeness (QED) is 0.637. The smallest absolute Gasteiger partial charge is 0.208 e. The maximum Gasteiger partial charge on any atom is 0.208 e. The number of aryl methyl sites for hydroxylation is 2. The van der Waals surface area contributed by atoms with Crippen LogP contribution in [0.4, 0.5) is 0 Å². The normalized spacial score (nSPS) is 10.4. The van der Waals surface area contributed by atoms with Crippen molar-refractivity contribution in [1.29, 1.82) is 0 Å². The molecule has 2 N–H and O–H groups in total. The van der Waals surface area contributed by atoms with Crippen molar-refractivity contribution in [2.45, 2.75) is 25.8 Å². The molecule has 0 radical (unpaired) electrons. The first-order valence-corrected chi connectivity index (χ1v) is 6.40. The maximum atomic E-state index is 5.45. The number of nitrogens with two attached hydrogens (primary N) is 1. The van der Waals surface area contributed by atoms with Gasteiger partial charge in [-0.15, -0.1) is 5.10 Å². The Bertz CT molecular complexity index is 507. The van der Waals surface area contributed by atoms with Gasteiger partial charge >= 0.3 is 0 Å². The van der Waals surface area contributed by atoms with E-state index in [-0.39, 0.29) is 4.99 Å². The molecule has 2 rings (SSSR count). The fourth-order valence-corrected chi connectivity index (χ4v) is 1.86. The van der Waals surface area contributed by atoms with Crippen molar-refractivity contribution in [3.63, 3.8) is 0 Å². The van der Waals surface area contributed by atoms with E-state index in [0.29, 0.717) is 5.82 Å². The lowest BCUT2D eigenvalue weighted by Gasteiger charge is -2.01. The van der Waals surface area contributed by atoms with Gasteiger partial charge in [0.05, 0.1) is 0 Å². The molecule has 1 aromatic heterocycles. The summed E-state index contributed by atoms with van der Waals surface area (Å²) in [5, 5.41) is 4.19. The van der Waals surface area contributed by atoms with Gasteiger partial charge in [0, 0.05) is 6.54 Å². The summed E-state index contributed by atoms with van der Waals surface area (Å²) in [4.78, 5) is 4.29. The summed E-state index contributed by atoms with van der Waals surface area (Å²) in [6.07, 6.45) is 4.97. The third kappa shape index (κ3) is 3.63. The number of hydrogen-bond donors (Lipinski definition) is 1. The summed E-state index contributed by atoms with van der Waals surface area (Å²) in [5.41, 5.74) is 6.83. The molecule has 0 aliphatic rings. The molecule has 0 unspecified atom stereocenters. The van der Waals surface area contributed by atoms with Crippen LogP contribution in [0, 0.1) is 0 Å². The number of rotatable bonds is 6. The van der Waals surface area contributed by atoms with Crippen molar-refractivity contribution in [2.24, 2.45) is 5.73 Å². The van der Waals surface area contributed by atoms with Gasteiger partial charge in [0.2, 0.25) is 5.82 Å². The number of aromatic nitrogens is 3. The van der Waals surface area contributed by atoms with Crippen molar-refractivity contribution >= 4 is 17.2 Å². The number of thiocarbonyl (C=S) groups is 1. The summed E-state index contributed by atoms with van der Waals surface area (Å²) in [5.74, 6) is 0.452. The van der Waals surface area contributed by atoms with Crippen molar-refractivity contribution in [3.8, 4) is 0 Å². The largest absolute Gasteiger partial charge is 0.387 e. The van der Waals surface area contributed by atoms with E-state index in [2.05, 4.69) is 34.3 Å². The van der Waals surface area contributed by atoms with Crippen LogP contribution in [-0.4, -0.2) is 19.8 Å².